The fourth-order valence-electron chi connectivity index (χ4n) is 2.53. The Kier molecular flexibility index (Phi) is 3.91. The highest BCUT2D eigenvalue weighted by molar-refractivity contribution is 5.89. The van der Waals surface area contributed by atoms with Crippen molar-refractivity contribution in [3.05, 3.63) is 18.6 Å². The van der Waals surface area contributed by atoms with Crippen molar-refractivity contribution in [3.63, 3.8) is 0 Å². The summed E-state index contributed by atoms with van der Waals surface area (Å²) in [7, 11) is 2.12. The number of anilines is 1. The molecule has 1 saturated heterocycles. The van der Waals surface area contributed by atoms with Crippen LogP contribution in [-0.4, -0.2) is 60.9 Å². The number of nitrogens with one attached hydrogen (secondary N) is 1. The van der Waals surface area contributed by atoms with E-state index in [1.54, 1.807) is 6.20 Å². The number of hydrogen-bond acceptors (Lipinski definition) is 6. The lowest BCUT2D eigenvalue weighted by atomic mass is 10.1. The van der Waals surface area contributed by atoms with Crippen LogP contribution in [0.4, 0.5) is 5.82 Å². The molecule has 3 heterocycles. The Morgan fingerprint density at radius 3 is 2.95 bits per heavy atom. The van der Waals surface area contributed by atoms with E-state index in [-0.39, 0.29) is 12.5 Å². The molecule has 112 valence electrons. The van der Waals surface area contributed by atoms with E-state index in [0.717, 1.165) is 31.7 Å². The van der Waals surface area contributed by atoms with Gasteiger partial charge in [-0.1, -0.05) is 0 Å². The number of carbonyl (C=O) groups is 1. The molecule has 0 saturated carbocycles. The third-order valence-electron chi connectivity index (χ3n) is 3.67. The van der Waals surface area contributed by atoms with Gasteiger partial charge in [0, 0.05) is 6.07 Å². The minimum Gasteiger partial charge on any atom is -0.309 e. The van der Waals surface area contributed by atoms with Crippen LogP contribution in [0.15, 0.2) is 18.6 Å². The molecule has 1 aliphatic rings. The van der Waals surface area contributed by atoms with Crippen LogP contribution < -0.4 is 5.32 Å². The van der Waals surface area contributed by atoms with E-state index >= 15 is 0 Å². The highest BCUT2D eigenvalue weighted by Gasteiger charge is 2.21. The summed E-state index contributed by atoms with van der Waals surface area (Å²) in [6.07, 6.45) is 5.20. The fourth-order valence-corrected chi connectivity index (χ4v) is 2.53. The second kappa shape index (κ2) is 6.00. The van der Waals surface area contributed by atoms with E-state index in [0.29, 0.717) is 6.04 Å². The smallest absolute Gasteiger partial charge is 0.247 e. The number of rotatable bonds is 4. The Balaban J connectivity index is 1.63. The molecule has 3 rings (SSSR count). The maximum Gasteiger partial charge on any atom is 0.247 e. The van der Waals surface area contributed by atoms with Gasteiger partial charge >= 0.3 is 0 Å². The average molecular weight is 290 g/mol. The number of hydrogen-bond donors (Lipinski definition) is 1. The number of amides is 1. The maximum atomic E-state index is 12.0. The molecule has 1 fully saturated rings. The van der Waals surface area contributed by atoms with Crippen LogP contribution in [0.5, 0.6) is 0 Å². The molecule has 0 unspecified atom stereocenters. The third kappa shape index (κ3) is 3.24. The van der Waals surface area contributed by atoms with E-state index in [1.807, 2.05) is 10.7 Å². The predicted octanol–water partition coefficient (Wildman–Crippen LogP) is -0.225. The summed E-state index contributed by atoms with van der Waals surface area (Å²) in [5.41, 5.74) is 0. The molecule has 9 nitrogen and oxygen atoms in total. The van der Waals surface area contributed by atoms with Crippen molar-refractivity contribution < 1.29 is 4.79 Å². The number of tetrazole rings is 1. The zero-order valence-corrected chi connectivity index (χ0v) is 11.9. The topological polar surface area (TPSA) is 93.8 Å². The molecule has 0 aromatic carbocycles. The maximum absolute atomic E-state index is 12.0. The first-order valence-electron chi connectivity index (χ1n) is 6.95. The van der Waals surface area contributed by atoms with Crippen molar-refractivity contribution in [2.75, 3.05) is 25.5 Å². The largest absolute Gasteiger partial charge is 0.309 e. The number of nitrogens with zero attached hydrogens (tertiary/aromatic N) is 7. The van der Waals surface area contributed by atoms with Gasteiger partial charge in [-0.15, -0.1) is 5.10 Å². The number of carbonyl (C=O) groups excluding carboxylic acids is 1. The van der Waals surface area contributed by atoms with E-state index in [4.69, 9.17) is 0 Å². The van der Waals surface area contributed by atoms with Crippen molar-refractivity contribution in [2.45, 2.75) is 25.4 Å². The molecule has 2 aromatic rings. The summed E-state index contributed by atoms with van der Waals surface area (Å²) in [5, 5.41) is 17.9. The zero-order valence-electron chi connectivity index (χ0n) is 11.9. The summed E-state index contributed by atoms with van der Waals surface area (Å²) < 4.78 is 3.29. The SMILES string of the molecule is CN1CCC(n2nccc2NC(=O)Cn2cnnn2)CC1. The average Bonchev–Trinajstić information content (AvgIpc) is 3.11. The van der Waals surface area contributed by atoms with E-state index in [2.05, 4.69) is 37.9 Å². The lowest BCUT2D eigenvalue weighted by Crippen LogP contribution is -2.32. The summed E-state index contributed by atoms with van der Waals surface area (Å²) >= 11 is 0. The summed E-state index contributed by atoms with van der Waals surface area (Å²) in [5.74, 6) is 0.555. The quantitative estimate of drug-likeness (QED) is 0.836. The van der Waals surface area contributed by atoms with Gasteiger partial charge in [-0.2, -0.15) is 5.10 Å². The van der Waals surface area contributed by atoms with Crippen molar-refractivity contribution in [1.82, 2.24) is 34.9 Å². The summed E-state index contributed by atoms with van der Waals surface area (Å²) in [6.45, 7) is 2.18. The minimum absolute atomic E-state index is 0.0889. The third-order valence-corrected chi connectivity index (χ3v) is 3.67. The second-order valence-corrected chi connectivity index (χ2v) is 5.25. The molecule has 9 heteroatoms. The molecule has 0 bridgehead atoms. The van der Waals surface area contributed by atoms with Gasteiger partial charge in [0.15, 0.2) is 0 Å². The van der Waals surface area contributed by atoms with Gasteiger partial charge < -0.3 is 10.2 Å². The van der Waals surface area contributed by atoms with Crippen LogP contribution in [0.2, 0.25) is 0 Å². The molecule has 2 aromatic heterocycles. The summed E-state index contributed by atoms with van der Waals surface area (Å²) in [6, 6.07) is 2.15. The Morgan fingerprint density at radius 1 is 1.43 bits per heavy atom. The highest BCUT2D eigenvalue weighted by atomic mass is 16.2. The van der Waals surface area contributed by atoms with Crippen LogP contribution in [0.1, 0.15) is 18.9 Å². The molecule has 1 amide bonds. The predicted molar refractivity (Wildman–Crippen MR) is 74.4 cm³/mol. The molecular weight excluding hydrogens is 272 g/mol. The lowest BCUT2D eigenvalue weighted by molar-refractivity contribution is -0.117. The van der Waals surface area contributed by atoms with Gasteiger partial charge in [0.25, 0.3) is 0 Å². The van der Waals surface area contributed by atoms with Crippen molar-refractivity contribution >= 4 is 11.7 Å². The first kappa shape index (κ1) is 13.7. The Bertz CT molecular complexity index is 584. The minimum atomic E-state index is -0.169. The van der Waals surface area contributed by atoms with E-state index < -0.39 is 0 Å². The van der Waals surface area contributed by atoms with Crippen LogP contribution in [0.25, 0.3) is 0 Å². The second-order valence-electron chi connectivity index (χ2n) is 5.25. The number of aromatic nitrogens is 6. The van der Waals surface area contributed by atoms with Crippen LogP contribution >= 0.6 is 0 Å². The molecular formula is C12H18N8O. The molecule has 0 radical (unpaired) electrons. The van der Waals surface area contributed by atoms with E-state index in [9.17, 15) is 4.79 Å². The molecule has 0 aliphatic carbocycles. The van der Waals surface area contributed by atoms with Crippen LogP contribution in [-0.2, 0) is 11.3 Å². The number of piperidine rings is 1. The fraction of sp³-hybridized carbons (Fsp3) is 0.583. The van der Waals surface area contributed by atoms with Gasteiger partial charge in [0.1, 0.15) is 18.7 Å². The standard InChI is InChI=1S/C12H18N8O/c1-18-6-3-10(4-7-18)20-11(2-5-14-20)15-12(21)8-19-9-13-16-17-19/h2,5,9-10H,3-4,6-8H2,1H3,(H,15,21). The van der Waals surface area contributed by atoms with Gasteiger partial charge in [-0.05, 0) is 43.4 Å². The van der Waals surface area contributed by atoms with Crippen molar-refractivity contribution in [3.8, 4) is 0 Å². The number of likely N-dealkylation sites (tertiary alicyclic amines) is 1. The van der Waals surface area contributed by atoms with Crippen molar-refractivity contribution in [2.24, 2.45) is 0 Å². The van der Waals surface area contributed by atoms with Crippen LogP contribution in [0.3, 0.4) is 0 Å². The van der Waals surface area contributed by atoms with Gasteiger partial charge in [-0.3, -0.25) is 4.79 Å². The van der Waals surface area contributed by atoms with Gasteiger partial charge in [0.2, 0.25) is 5.91 Å². The highest BCUT2D eigenvalue weighted by Crippen LogP contribution is 2.24. The monoisotopic (exact) mass is 290 g/mol. The summed E-state index contributed by atoms with van der Waals surface area (Å²) in [4.78, 5) is 14.3. The first-order valence-corrected chi connectivity index (χ1v) is 6.95. The Labute approximate surface area is 121 Å². The molecule has 0 spiro atoms. The van der Waals surface area contributed by atoms with Gasteiger partial charge in [0.05, 0.1) is 12.2 Å². The molecule has 1 N–H and O–H groups in total. The van der Waals surface area contributed by atoms with Crippen molar-refractivity contribution in [1.29, 1.82) is 0 Å². The Morgan fingerprint density at radius 2 is 2.24 bits per heavy atom. The van der Waals surface area contributed by atoms with E-state index in [1.165, 1.54) is 11.0 Å². The van der Waals surface area contributed by atoms with Crippen LogP contribution in [0, 0.1) is 0 Å². The van der Waals surface area contributed by atoms with Gasteiger partial charge in [-0.25, -0.2) is 9.36 Å². The Hall–Kier alpha value is -2.29. The molecule has 21 heavy (non-hydrogen) atoms. The normalized spacial score (nSPS) is 17.0. The molecule has 0 atom stereocenters. The first-order chi connectivity index (χ1) is 10.2. The molecule has 1 aliphatic heterocycles. The zero-order chi connectivity index (χ0) is 14.7. The lowest BCUT2D eigenvalue weighted by Gasteiger charge is -2.29.